The number of benzene rings is 1. The standard InChI is InChI=1S/C19H19ClF4N4O4/c1-26-15(19(22,23)24)9-16(29)28(18(26)31)14-8-13(11(20)7-12(14)21)25-17(30)27-5-3-10(32-2)4-6-27/h7-10H,3-6H2,1-2H3,(H,25,30). The quantitative estimate of drug-likeness (QED) is 0.687. The van der Waals surface area contributed by atoms with E-state index >= 15 is 0 Å². The number of amides is 2. The third-order valence-electron chi connectivity index (χ3n) is 5.19. The van der Waals surface area contributed by atoms with Crippen molar-refractivity contribution in [3.05, 3.63) is 55.6 Å². The van der Waals surface area contributed by atoms with Crippen molar-refractivity contribution in [2.24, 2.45) is 7.05 Å². The van der Waals surface area contributed by atoms with E-state index in [9.17, 15) is 31.9 Å². The fourth-order valence-electron chi connectivity index (χ4n) is 3.41. The number of hydrogen-bond acceptors (Lipinski definition) is 4. The number of anilines is 1. The Labute approximate surface area is 183 Å². The van der Waals surface area contributed by atoms with Crippen LogP contribution in [0.3, 0.4) is 0 Å². The van der Waals surface area contributed by atoms with Gasteiger partial charge in [0.05, 0.1) is 22.5 Å². The predicted octanol–water partition coefficient (Wildman–Crippen LogP) is 2.99. The molecular weight excluding hydrogens is 460 g/mol. The van der Waals surface area contributed by atoms with Crippen LogP contribution in [0, 0.1) is 5.82 Å². The molecule has 0 saturated carbocycles. The lowest BCUT2D eigenvalue weighted by molar-refractivity contribution is -0.144. The van der Waals surface area contributed by atoms with Crippen LogP contribution < -0.4 is 16.6 Å². The summed E-state index contributed by atoms with van der Waals surface area (Å²) < 4.78 is 59.4. The lowest BCUT2D eigenvalue weighted by atomic mass is 10.1. The summed E-state index contributed by atoms with van der Waals surface area (Å²) in [7, 11) is 2.38. The van der Waals surface area contributed by atoms with E-state index in [1.54, 1.807) is 7.11 Å². The molecule has 3 rings (SSSR count). The molecule has 0 bridgehead atoms. The number of hydrogen-bond donors (Lipinski definition) is 1. The van der Waals surface area contributed by atoms with Crippen molar-refractivity contribution >= 4 is 23.3 Å². The minimum Gasteiger partial charge on any atom is -0.381 e. The van der Waals surface area contributed by atoms with E-state index < -0.39 is 40.7 Å². The van der Waals surface area contributed by atoms with E-state index in [1.165, 1.54) is 4.90 Å². The highest BCUT2D eigenvalue weighted by atomic mass is 35.5. The Balaban J connectivity index is 1.98. The van der Waals surface area contributed by atoms with Crippen molar-refractivity contribution in [3.63, 3.8) is 0 Å². The summed E-state index contributed by atoms with van der Waals surface area (Å²) in [6, 6.07) is 1.32. The van der Waals surface area contributed by atoms with Crippen LogP contribution in [0.1, 0.15) is 18.5 Å². The third kappa shape index (κ3) is 4.65. The average molecular weight is 479 g/mol. The Morgan fingerprint density at radius 2 is 1.81 bits per heavy atom. The number of halogens is 5. The number of carbonyl (C=O) groups excluding carboxylic acids is 1. The minimum atomic E-state index is -4.96. The Hall–Kier alpha value is -2.86. The number of piperidine rings is 1. The molecule has 1 aromatic heterocycles. The Morgan fingerprint density at radius 1 is 1.19 bits per heavy atom. The van der Waals surface area contributed by atoms with Crippen molar-refractivity contribution < 1.29 is 27.1 Å². The molecule has 1 saturated heterocycles. The summed E-state index contributed by atoms with van der Waals surface area (Å²) in [5.41, 5.74) is -5.05. The molecule has 0 unspecified atom stereocenters. The number of alkyl halides is 3. The van der Waals surface area contributed by atoms with Gasteiger partial charge in [0.15, 0.2) is 0 Å². The largest absolute Gasteiger partial charge is 0.431 e. The van der Waals surface area contributed by atoms with Gasteiger partial charge >= 0.3 is 17.9 Å². The lowest BCUT2D eigenvalue weighted by Gasteiger charge is -2.31. The molecule has 32 heavy (non-hydrogen) atoms. The summed E-state index contributed by atoms with van der Waals surface area (Å²) in [5, 5.41) is 2.26. The molecular formula is C19H19ClF4N4O4. The Morgan fingerprint density at radius 3 is 2.38 bits per heavy atom. The molecule has 8 nitrogen and oxygen atoms in total. The van der Waals surface area contributed by atoms with Crippen molar-refractivity contribution in [1.82, 2.24) is 14.0 Å². The van der Waals surface area contributed by atoms with Crippen molar-refractivity contribution in [3.8, 4) is 5.69 Å². The fourth-order valence-corrected chi connectivity index (χ4v) is 3.61. The van der Waals surface area contributed by atoms with Gasteiger partial charge in [-0.3, -0.25) is 9.36 Å². The van der Waals surface area contributed by atoms with Crippen molar-refractivity contribution in [2.75, 3.05) is 25.5 Å². The highest BCUT2D eigenvalue weighted by molar-refractivity contribution is 6.33. The zero-order chi connectivity index (χ0) is 23.8. The second-order valence-corrected chi connectivity index (χ2v) is 7.59. The van der Waals surface area contributed by atoms with Crippen LogP contribution in [0.15, 0.2) is 27.8 Å². The number of nitrogens with one attached hydrogen (secondary N) is 1. The molecule has 0 atom stereocenters. The monoisotopic (exact) mass is 478 g/mol. The number of rotatable bonds is 3. The lowest BCUT2D eigenvalue weighted by Crippen LogP contribution is -2.43. The maximum Gasteiger partial charge on any atom is 0.431 e. The van der Waals surface area contributed by atoms with Crippen LogP contribution >= 0.6 is 11.6 Å². The number of likely N-dealkylation sites (tertiary alicyclic amines) is 1. The molecule has 1 aromatic carbocycles. The molecule has 13 heteroatoms. The van der Waals surface area contributed by atoms with Gasteiger partial charge in [-0.25, -0.2) is 18.5 Å². The van der Waals surface area contributed by atoms with Crippen LogP contribution in [0.4, 0.5) is 28.0 Å². The second kappa shape index (κ2) is 8.94. The summed E-state index contributed by atoms with van der Waals surface area (Å²) in [5.74, 6) is -1.13. The van der Waals surface area contributed by atoms with E-state index in [0.29, 0.717) is 25.9 Å². The van der Waals surface area contributed by atoms with Gasteiger partial charge in [-0.2, -0.15) is 13.2 Å². The van der Waals surface area contributed by atoms with Gasteiger partial charge in [0, 0.05) is 33.3 Å². The molecule has 0 radical (unpaired) electrons. The summed E-state index contributed by atoms with van der Waals surface area (Å²) in [6.45, 7) is 0.795. The smallest absolute Gasteiger partial charge is 0.381 e. The van der Waals surface area contributed by atoms with Gasteiger partial charge in [-0.15, -0.1) is 0 Å². The van der Waals surface area contributed by atoms with Crippen molar-refractivity contribution in [1.29, 1.82) is 0 Å². The van der Waals surface area contributed by atoms with Gasteiger partial charge < -0.3 is 15.0 Å². The fraction of sp³-hybridized carbons (Fsp3) is 0.421. The van der Waals surface area contributed by atoms with Crippen LogP contribution in [-0.4, -0.2) is 46.4 Å². The number of aromatic nitrogens is 2. The van der Waals surface area contributed by atoms with Crippen LogP contribution in [-0.2, 0) is 18.0 Å². The van der Waals surface area contributed by atoms with Crippen LogP contribution in [0.25, 0.3) is 5.69 Å². The molecule has 174 valence electrons. The van der Waals surface area contributed by atoms with E-state index in [0.717, 1.165) is 19.2 Å². The molecule has 1 aliphatic heterocycles. The molecule has 2 aromatic rings. The molecule has 1 N–H and O–H groups in total. The molecule has 0 aliphatic carbocycles. The van der Waals surface area contributed by atoms with E-state index in [4.69, 9.17) is 16.3 Å². The van der Waals surface area contributed by atoms with E-state index in [1.807, 2.05) is 0 Å². The third-order valence-corrected chi connectivity index (χ3v) is 5.50. The topological polar surface area (TPSA) is 85.6 Å². The first kappa shape index (κ1) is 23.8. The predicted molar refractivity (Wildman–Crippen MR) is 108 cm³/mol. The van der Waals surface area contributed by atoms with Gasteiger partial charge in [-0.1, -0.05) is 11.6 Å². The Kier molecular flexibility index (Phi) is 6.65. The molecule has 1 fully saturated rings. The number of nitrogens with zero attached hydrogens (tertiary/aromatic N) is 3. The van der Waals surface area contributed by atoms with Crippen LogP contribution in [0.5, 0.6) is 0 Å². The van der Waals surface area contributed by atoms with Crippen molar-refractivity contribution in [2.45, 2.75) is 25.1 Å². The molecule has 2 heterocycles. The minimum absolute atomic E-state index is 0.0304. The zero-order valence-corrected chi connectivity index (χ0v) is 17.8. The van der Waals surface area contributed by atoms with E-state index in [-0.39, 0.29) is 32.0 Å². The van der Waals surface area contributed by atoms with Gasteiger partial charge in [-0.05, 0) is 25.0 Å². The molecule has 2 amide bonds. The average Bonchev–Trinajstić information content (AvgIpc) is 2.73. The first-order valence-electron chi connectivity index (χ1n) is 9.42. The summed E-state index contributed by atoms with van der Waals surface area (Å²) >= 11 is 6.00. The first-order valence-corrected chi connectivity index (χ1v) is 9.80. The molecule has 0 spiro atoms. The zero-order valence-electron chi connectivity index (χ0n) is 17.0. The number of ether oxygens (including phenoxy) is 1. The van der Waals surface area contributed by atoms with Gasteiger partial charge in [0.25, 0.3) is 5.56 Å². The SMILES string of the molecule is COC1CCN(C(=O)Nc2cc(-n3c(=O)cc(C(F)(F)F)n(C)c3=O)c(F)cc2Cl)CC1. The number of methoxy groups -OCH3 is 1. The highest BCUT2D eigenvalue weighted by Crippen LogP contribution is 2.29. The Bertz CT molecular complexity index is 1150. The number of urea groups is 1. The first-order chi connectivity index (χ1) is 14.9. The van der Waals surface area contributed by atoms with Gasteiger partial charge in [0.1, 0.15) is 11.5 Å². The molecule has 1 aliphatic rings. The second-order valence-electron chi connectivity index (χ2n) is 7.18. The van der Waals surface area contributed by atoms with E-state index in [2.05, 4.69) is 5.32 Å². The number of carbonyl (C=O) groups is 1. The highest BCUT2D eigenvalue weighted by Gasteiger charge is 2.35. The summed E-state index contributed by atoms with van der Waals surface area (Å²) in [6.07, 6.45) is -3.70. The normalized spacial score (nSPS) is 15.2. The van der Waals surface area contributed by atoms with Crippen LogP contribution in [0.2, 0.25) is 5.02 Å². The maximum atomic E-state index is 14.6. The summed E-state index contributed by atoms with van der Waals surface area (Å²) in [4.78, 5) is 38.8. The maximum absolute atomic E-state index is 14.6. The van der Waals surface area contributed by atoms with Gasteiger partial charge in [0.2, 0.25) is 0 Å².